The summed E-state index contributed by atoms with van der Waals surface area (Å²) in [6.07, 6.45) is 8.26. The lowest BCUT2D eigenvalue weighted by molar-refractivity contribution is -0.0248. The van der Waals surface area contributed by atoms with Crippen molar-refractivity contribution < 1.29 is 18.9 Å². The minimum Gasteiger partial charge on any atom is -0.379 e. The standard InChI is InChI=1S/C22H38O4/c1-6-7-8-12-23-15-16-24-13-9-14-25-17-18-26-21-20(19(2)3)10-11-22(21,4)5/h6,10,21H,1-2,7-9,11-18H2,3-5H3. The summed E-state index contributed by atoms with van der Waals surface area (Å²) in [6, 6.07) is 0. The third kappa shape index (κ3) is 9.13. The molecule has 4 nitrogen and oxygen atoms in total. The van der Waals surface area contributed by atoms with E-state index in [1.54, 1.807) is 0 Å². The van der Waals surface area contributed by atoms with Crippen LogP contribution in [0.25, 0.3) is 0 Å². The molecule has 0 radical (unpaired) electrons. The Morgan fingerprint density at radius 1 is 1.04 bits per heavy atom. The predicted molar refractivity (Wildman–Crippen MR) is 108 cm³/mol. The van der Waals surface area contributed by atoms with Crippen LogP contribution in [0.15, 0.2) is 36.5 Å². The van der Waals surface area contributed by atoms with Crippen molar-refractivity contribution >= 4 is 0 Å². The summed E-state index contributed by atoms with van der Waals surface area (Å²) in [6.45, 7) is 19.0. The van der Waals surface area contributed by atoms with Crippen LogP contribution in [0, 0.1) is 5.41 Å². The highest BCUT2D eigenvalue weighted by molar-refractivity contribution is 5.36. The summed E-state index contributed by atoms with van der Waals surface area (Å²) in [5.41, 5.74) is 2.48. The zero-order chi connectivity index (χ0) is 19.3. The Bertz CT molecular complexity index is 439. The third-order valence-corrected chi connectivity index (χ3v) is 4.49. The molecule has 0 saturated carbocycles. The summed E-state index contributed by atoms with van der Waals surface area (Å²) in [4.78, 5) is 0. The minimum absolute atomic E-state index is 0.124. The first-order valence-electron chi connectivity index (χ1n) is 9.80. The van der Waals surface area contributed by atoms with E-state index in [1.165, 1.54) is 5.57 Å². The molecule has 0 bridgehead atoms. The second-order valence-corrected chi connectivity index (χ2v) is 7.50. The fourth-order valence-corrected chi connectivity index (χ4v) is 2.96. The summed E-state index contributed by atoms with van der Waals surface area (Å²) in [7, 11) is 0. The van der Waals surface area contributed by atoms with Crippen LogP contribution in [-0.2, 0) is 18.9 Å². The number of hydrogen-bond donors (Lipinski definition) is 0. The fourth-order valence-electron chi connectivity index (χ4n) is 2.96. The van der Waals surface area contributed by atoms with E-state index in [2.05, 4.69) is 33.1 Å². The summed E-state index contributed by atoms with van der Waals surface area (Å²) in [5.74, 6) is 0. The molecular formula is C22H38O4. The lowest BCUT2D eigenvalue weighted by Crippen LogP contribution is -2.30. The monoisotopic (exact) mass is 366 g/mol. The van der Waals surface area contributed by atoms with E-state index in [1.807, 2.05) is 13.0 Å². The van der Waals surface area contributed by atoms with Crippen LogP contribution in [0.3, 0.4) is 0 Å². The maximum atomic E-state index is 6.08. The summed E-state index contributed by atoms with van der Waals surface area (Å²) >= 11 is 0. The molecule has 0 aromatic carbocycles. The van der Waals surface area contributed by atoms with Crippen LogP contribution >= 0.6 is 0 Å². The zero-order valence-electron chi connectivity index (χ0n) is 17.1. The summed E-state index contributed by atoms with van der Waals surface area (Å²) < 4.78 is 22.7. The Morgan fingerprint density at radius 2 is 1.62 bits per heavy atom. The second kappa shape index (κ2) is 13.3. The van der Waals surface area contributed by atoms with E-state index >= 15 is 0 Å². The van der Waals surface area contributed by atoms with Crippen molar-refractivity contribution in [3.63, 3.8) is 0 Å². The number of allylic oxidation sites excluding steroid dienone is 2. The van der Waals surface area contributed by atoms with Crippen molar-refractivity contribution in [3.05, 3.63) is 36.5 Å². The molecule has 150 valence electrons. The lowest BCUT2D eigenvalue weighted by Gasteiger charge is -2.30. The maximum absolute atomic E-state index is 6.08. The maximum Gasteiger partial charge on any atom is 0.0879 e. The van der Waals surface area contributed by atoms with E-state index in [0.717, 1.165) is 37.9 Å². The van der Waals surface area contributed by atoms with Gasteiger partial charge in [-0.1, -0.05) is 38.2 Å². The molecule has 0 N–H and O–H groups in total. The molecule has 1 aliphatic carbocycles. The van der Waals surface area contributed by atoms with Crippen LogP contribution in [0.5, 0.6) is 0 Å². The van der Waals surface area contributed by atoms with E-state index in [9.17, 15) is 0 Å². The Hall–Kier alpha value is -0.940. The van der Waals surface area contributed by atoms with Gasteiger partial charge >= 0.3 is 0 Å². The van der Waals surface area contributed by atoms with Gasteiger partial charge in [-0.25, -0.2) is 0 Å². The van der Waals surface area contributed by atoms with E-state index < -0.39 is 0 Å². The first-order valence-corrected chi connectivity index (χ1v) is 9.80. The molecule has 1 rings (SSSR count). The van der Waals surface area contributed by atoms with Gasteiger partial charge in [0.15, 0.2) is 0 Å². The van der Waals surface area contributed by atoms with Crippen molar-refractivity contribution in [1.82, 2.24) is 0 Å². The van der Waals surface area contributed by atoms with Gasteiger partial charge in [-0.3, -0.25) is 0 Å². The average Bonchev–Trinajstić information content (AvgIpc) is 2.90. The number of ether oxygens (including phenoxy) is 4. The van der Waals surface area contributed by atoms with Crippen LogP contribution in [0.4, 0.5) is 0 Å². The average molecular weight is 367 g/mol. The largest absolute Gasteiger partial charge is 0.379 e. The number of unbranched alkanes of at least 4 members (excludes halogenated alkanes) is 1. The third-order valence-electron chi connectivity index (χ3n) is 4.49. The van der Waals surface area contributed by atoms with Gasteiger partial charge in [-0.15, -0.1) is 6.58 Å². The lowest BCUT2D eigenvalue weighted by atomic mass is 9.85. The van der Waals surface area contributed by atoms with Gasteiger partial charge in [0.05, 0.1) is 32.5 Å². The van der Waals surface area contributed by atoms with Gasteiger partial charge in [0, 0.05) is 19.8 Å². The minimum atomic E-state index is 0.124. The highest BCUT2D eigenvalue weighted by Gasteiger charge is 2.37. The fraction of sp³-hybridized carbons (Fsp3) is 0.727. The molecule has 0 spiro atoms. The van der Waals surface area contributed by atoms with E-state index in [4.69, 9.17) is 18.9 Å². The highest BCUT2D eigenvalue weighted by atomic mass is 16.5. The molecule has 0 fully saturated rings. The normalized spacial score (nSPS) is 18.7. The summed E-state index contributed by atoms with van der Waals surface area (Å²) in [5, 5.41) is 0. The molecule has 0 heterocycles. The molecule has 1 atom stereocenters. The van der Waals surface area contributed by atoms with Crippen molar-refractivity contribution in [2.75, 3.05) is 46.2 Å². The van der Waals surface area contributed by atoms with E-state index in [0.29, 0.717) is 39.6 Å². The van der Waals surface area contributed by atoms with Crippen LogP contribution in [0.2, 0.25) is 0 Å². The first-order chi connectivity index (χ1) is 12.5. The van der Waals surface area contributed by atoms with E-state index in [-0.39, 0.29) is 11.5 Å². The topological polar surface area (TPSA) is 36.9 Å². The molecule has 26 heavy (non-hydrogen) atoms. The molecule has 1 unspecified atom stereocenters. The Kier molecular flexibility index (Phi) is 11.8. The molecule has 4 heteroatoms. The molecule has 0 amide bonds. The van der Waals surface area contributed by atoms with Crippen molar-refractivity contribution in [3.8, 4) is 0 Å². The van der Waals surface area contributed by atoms with Crippen molar-refractivity contribution in [1.29, 1.82) is 0 Å². The number of hydrogen-bond acceptors (Lipinski definition) is 4. The molecule has 1 aliphatic rings. The Balaban J connectivity index is 1.94. The van der Waals surface area contributed by atoms with Gasteiger partial charge in [-0.05, 0) is 43.6 Å². The van der Waals surface area contributed by atoms with Gasteiger partial charge in [0.1, 0.15) is 0 Å². The quantitative estimate of drug-likeness (QED) is 0.293. The second-order valence-electron chi connectivity index (χ2n) is 7.50. The van der Waals surface area contributed by atoms with Gasteiger partial charge < -0.3 is 18.9 Å². The highest BCUT2D eigenvalue weighted by Crippen LogP contribution is 2.41. The molecule has 0 aromatic rings. The molecular weight excluding hydrogens is 328 g/mol. The predicted octanol–water partition coefficient (Wildman–Crippen LogP) is 4.71. The van der Waals surface area contributed by atoms with Crippen LogP contribution < -0.4 is 0 Å². The van der Waals surface area contributed by atoms with Crippen LogP contribution in [0.1, 0.15) is 46.5 Å². The number of rotatable bonds is 16. The molecule has 0 aliphatic heterocycles. The van der Waals surface area contributed by atoms with Gasteiger partial charge in [-0.2, -0.15) is 0 Å². The van der Waals surface area contributed by atoms with Gasteiger partial charge in [0.2, 0.25) is 0 Å². The first kappa shape index (κ1) is 23.1. The van der Waals surface area contributed by atoms with Crippen molar-refractivity contribution in [2.24, 2.45) is 5.41 Å². The molecule has 0 saturated heterocycles. The smallest absolute Gasteiger partial charge is 0.0879 e. The van der Waals surface area contributed by atoms with Crippen molar-refractivity contribution in [2.45, 2.75) is 52.6 Å². The Labute approximate surface area is 160 Å². The van der Waals surface area contributed by atoms with Crippen LogP contribution in [-0.4, -0.2) is 52.4 Å². The Morgan fingerprint density at radius 3 is 2.19 bits per heavy atom. The van der Waals surface area contributed by atoms with Gasteiger partial charge in [0.25, 0.3) is 0 Å². The SMILES string of the molecule is C=CCCCOCCOCCCOCCOC1C(C(=C)C)=CCC1(C)C. The zero-order valence-corrected chi connectivity index (χ0v) is 17.1. The molecule has 0 aromatic heterocycles.